The predicted octanol–water partition coefficient (Wildman–Crippen LogP) is 3.50. The number of aryl methyl sites for hydroxylation is 1. The maximum absolute atomic E-state index is 12.9. The van der Waals surface area contributed by atoms with E-state index in [4.69, 9.17) is 11.6 Å². The van der Waals surface area contributed by atoms with Crippen molar-refractivity contribution in [3.8, 4) is 11.4 Å². The van der Waals surface area contributed by atoms with Crippen LogP contribution in [0.1, 0.15) is 12.6 Å². The number of alkyl halides is 3. The summed E-state index contributed by atoms with van der Waals surface area (Å²) in [5.74, 6) is -0.122. The van der Waals surface area contributed by atoms with Crippen molar-refractivity contribution in [3.05, 3.63) is 35.2 Å². The van der Waals surface area contributed by atoms with Crippen LogP contribution in [0.4, 0.5) is 13.2 Å². The monoisotopic (exact) mass is 404 g/mol. The highest BCUT2D eigenvalue weighted by molar-refractivity contribution is 7.91. The van der Waals surface area contributed by atoms with Crippen LogP contribution in [0.5, 0.6) is 0 Å². The highest BCUT2D eigenvalue weighted by Gasteiger charge is 2.33. The first kappa shape index (κ1) is 18.6. The Labute approximate surface area is 151 Å². The van der Waals surface area contributed by atoms with Gasteiger partial charge in [-0.1, -0.05) is 18.5 Å². The van der Waals surface area contributed by atoms with Crippen LogP contribution in [-0.4, -0.2) is 33.7 Å². The Morgan fingerprint density at radius 1 is 1.27 bits per heavy atom. The lowest BCUT2D eigenvalue weighted by atomic mass is 10.2. The van der Waals surface area contributed by atoms with Crippen molar-refractivity contribution in [2.75, 3.05) is 5.75 Å². The Hall–Kier alpha value is -2.20. The van der Waals surface area contributed by atoms with Gasteiger partial charge >= 0.3 is 6.18 Å². The van der Waals surface area contributed by atoms with Crippen molar-refractivity contribution in [1.82, 2.24) is 19.5 Å². The molecule has 3 heterocycles. The molecule has 3 aromatic rings. The Morgan fingerprint density at radius 2 is 1.96 bits per heavy atom. The summed E-state index contributed by atoms with van der Waals surface area (Å²) in [5.41, 5.74) is -0.728. The number of halogens is 4. The maximum atomic E-state index is 12.9. The van der Waals surface area contributed by atoms with Gasteiger partial charge in [-0.15, -0.1) is 0 Å². The molecule has 0 atom stereocenters. The third-order valence-electron chi connectivity index (χ3n) is 3.82. The Bertz CT molecular complexity index is 1110. The number of rotatable bonds is 3. The zero-order valence-corrected chi connectivity index (χ0v) is 15.1. The SMILES string of the molecule is CCS(=O)(=O)c1nccc(Cl)c1-c1nc2cc(C(F)(F)F)ncc2n1C. The highest BCUT2D eigenvalue weighted by atomic mass is 35.5. The number of hydrogen-bond donors (Lipinski definition) is 0. The standard InChI is InChI=1S/C15H12ClF3N4O2S/c1-3-26(24,25)14-12(8(16)4-5-20-14)13-22-9-6-11(15(17,18)19)21-7-10(9)23(13)2/h4-7H,3H2,1-2H3. The van der Waals surface area contributed by atoms with Crippen molar-refractivity contribution in [1.29, 1.82) is 0 Å². The van der Waals surface area contributed by atoms with Crippen LogP contribution >= 0.6 is 11.6 Å². The van der Waals surface area contributed by atoms with Gasteiger partial charge in [0.1, 0.15) is 11.5 Å². The molecule has 138 valence electrons. The first-order chi connectivity index (χ1) is 12.1. The summed E-state index contributed by atoms with van der Waals surface area (Å²) < 4.78 is 64.7. The van der Waals surface area contributed by atoms with Gasteiger partial charge in [-0.05, 0) is 12.1 Å². The van der Waals surface area contributed by atoms with Crippen LogP contribution in [0.15, 0.2) is 29.6 Å². The number of sulfone groups is 1. The zero-order chi connectivity index (χ0) is 19.3. The van der Waals surface area contributed by atoms with Gasteiger partial charge in [0.2, 0.25) is 0 Å². The first-order valence-electron chi connectivity index (χ1n) is 7.33. The molecule has 0 aliphatic carbocycles. The summed E-state index contributed by atoms with van der Waals surface area (Å²) in [4.78, 5) is 11.5. The van der Waals surface area contributed by atoms with E-state index >= 15 is 0 Å². The van der Waals surface area contributed by atoms with E-state index in [1.54, 1.807) is 0 Å². The third-order valence-corrected chi connectivity index (χ3v) is 5.79. The van der Waals surface area contributed by atoms with Crippen LogP contribution in [0.25, 0.3) is 22.4 Å². The van der Waals surface area contributed by atoms with Gasteiger partial charge in [0.05, 0.1) is 33.6 Å². The lowest BCUT2D eigenvalue weighted by Gasteiger charge is -2.10. The van der Waals surface area contributed by atoms with E-state index in [9.17, 15) is 21.6 Å². The van der Waals surface area contributed by atoms with E-state index in [1.807, 2.05) is 0 Å². The molecule has 0 aliphatic heterocycles. The Balaban J connectivity index is 2.32. The molecule has 0 spiro atoms. The quantitative estimate of drug-likeness (QED) is 0.667. The third kappa shape index (κ3) is 3.03. The molecule has 0 radical (unpaired) electrons. The molecule has 0 N–H and O–H groups in total. The molecule has 0 unspecified atom stereocenters. The largest absolute Gasteiger partial charge is 0.433 e. The molecule has 26 heavy (non-hydrogen) atoms. The normalized spacial score (nSPS) is 12.7. The van der Waals surface area contributed by atoms with Gasteiger partial charge < -0.3 is 4.57 Å². The van der Waals surface area contributed by atoms with Gasteiger partial charge in [0.15, 0.2) is 14.9 Å². The molecule has 0 amide bonds. The zero-order valence-electron chi connectivity index (χ0n) is 13.5. The van der Waals surface area contributed by atoms with E-state index < -0.39 is 21.7 Å². The molecule has 0 aliphatic rings. The van der Waals surface area contributed by atoms with Crippen molar-refractivity contribution in [2.45, 2.75) is 18.1 Å². The fraction of sp³-hybridized carbons (Fsp3) is 0.267. The molecule has 0 saturated heterocycles. The minimum atomic E-state index is -4.62. The molecule has 0 aromatic carbocycles. The van der Waals surface area contributed by atoms with Gasteiger partial charge in [0, 0.05) is 13.2 Å². The molecular formula is C15H12ClF3N4O2S. The van der Waals surface area contributed by atoms with Crippen LogP contribution < -0.4 is 0 Å². The summed E-state index contributed by atoms with van der Waals surface area (Å²) in [6, 6.07) is 2.20. The molecule has 0 fully saturated rings. The van der Waals surface area contributed by atoms with E-state index in [2.05, 4.69) is 15.0 Å². The fourth-order valence-corrected chi connectivity index (χ4v) is 3.76. The number of fused-ring (bicyclic) bond motifs is 1. The maximum Gasteiger partial charge on any atom is 0.433 e. The van der Waals surface area contributed by atoms with Crippen molar-refractivity contribution >= 4 is 32.5 Å². The number of pyridine rings is 2. The second-order valence-electron chi connectivity index (χ2n) is 5.43. The van der Waals surface area contributed by atoms with E-state index in [0.717, 1.165) is 12.3 Å². The Kier molecular flexibility index (Phi) is 4.43. The van der Waals surface area contributed by atoms with Gasteiger partial charge in [-0.3, -0.25) is 0 Å². The minimum absolute atomic E-state index is 0.0181. The summed E-state index contributed by atoms with van der Waals surface area (Å²) in [5, 5.41) is -0.190. The van der Waals surface area contributed by atoms with E-state index in [1.165, 1.54) is 30.8 Å². The predicted molar refractivity (Wildman–Crippen MR) is 89.5 cm³/mol. The second-order valence-corrected chi connectivity index (χ2v) is 8.03. The first-order valence-corrected chi connectivity index (χ1v) is 9.36. The number of aromatic nitrogens is 4. The van der Waals surface area contributed by atoms with E-state index in [0.29, 0.717) is 5.52 Å². The molecule has 0 bridgehead atoms. The number of nitrogens with zero attached hydrogens (tertiary/aromatic N) is 4. The van der Waals surface area contributed by atoms with Crippen molar-refractivity contribution in [2.24, 2.45) is 7.05 Å². The van der Waals surface area contributed by atoms with Crippen molar-refractivity contribution < 1.29 is 21.6 Å². The van der Waals surface area contributed by atoms with Gasteiger partial charge in [-0.2, -0.15) is 13.2 Å². The number of hydrogen-bond acceptors (Lipinski definition) is 5. The van der Waals surface area contributed by atoms with E-state index in [-0.39, 0.29) is 32.7 Å². The lowest BCUT2D eigenvalue weighted by molar-refractivity contribution is -0.141. The van der Waals surface area contributed by atoms with Crippen LogP contribution in [0.2, 0.25) is 5.02 Å². The fourth-order valence-electron chi connectivity index (χ4n) is 2.46. The molecule has 3 rings (SSSR count). The topological polar surface area (TPSA) is 77.7 Å². The summed E-state index contributed by atoms with van der Waals surface area (Å²) in [6.07, 6.45) is -2.33. The summed E-state index contributed by atoms with van der Waals surface area (Å²) in [7, 11) is -2.20. The molecule has 6 nitrogen and oxygen atoms in total. The molecule has 0 saturated carbocycles. The van der Waals surface area contributed by atoms with Crippen molar-refractivity contribution in [3.63, 3.8) is 0 Å². The van der Waals surface area contributed by atoms with Crippen LogP contribution in [-0.2, 0) is 23.1 Å². The second kappa shape index (κ2) is 6.20. The Morgan fingerprint density at radius 3 is 2.58 bits per heavy atom. The van der Waals surface area contributed by atoms with Crippen LogP contribution in [0, 0.1) is 0 Å². The summed E-state index contributed by atoms with van der Waals surface area (Å²) in [6.45, 7) is 1.45. The molecular weight excluding hydrogens is 393 g/mol. The van der Waals surface area contributed by atoms with Gasteiger partial charge in [-0.25, -0.2) is 23.4 Å². The smallest absolute Gasteiger partial charge is 0.326 e. The lowest BCUT2D eigenvalue weighted by Crippen LogP contribution is -2.10. The molecule has 11 heteroatoms. The van der Waals surface area contributed by atoms with Crippen LogP contribution in [0.3, 0.4) is 0 Å². The minimum Gasteiger partial charge on any atom is -0.326 e. The average molecular weight is 405 g/mol. The van der Waals surface area contributed by atoms with Gasteiger partial charge in [0.25, 0.3) is 0 Å². The highest BCUT2D eigenvalue weighted by Crippen LogP contribution is 2.35. The molecule has 3 aromatic heterocycles. The average Bonchev–Trinajstić information content (AvgIpc) is 2.90. The summed E-state index contributed by atoms with van der Waals surface area (Å²) >= 11 is 6.18. The number of imidazole rings is 1.